The number of nitrogens with one attached hydrogen (secondary N) is 3. The number of imide groups is 1. The molecular formula is C57H63N11O9S. The maximum Gasteiger partial charge on any atom is 0.407 e. The number of hydrogen-bond donors (Lipinski definition) is 4. The van der Waals surface area contributed by atoms with Crippen LogP contribution >= 0.6 is 11.3 Å². The summed E-state index contributed by atoms with van der Waals surface area (Å²) in [5.41, 5.74) is 5.42. The third kappa shape index (κ3) is 10.9. The molecule has 6 aliphatic rings. The average molecular weight is 1080 g/mol. The molecule has 6 aromatic rings. The molecule has 2 atom stereocenters. The Morgan fingerprint density at radius 1 is 0.808 bits per heavy atom. The minimum Gasteiger partial charge on any atom is -0.476 e. The number of thiazole rings is 1. The molecular weight excluding hydrogens is 1010 g/mol. The first-order valence-electron chi connectivity index (χ1n) is 26.6. The van der Waals surface area contributed by atoms with Gasteiger partial charge in [-0.1, -0.05) is 61.6 Å². The van der Waals surface area contributed by atoms with Crippen molar-refractivity contribution >= 4 is 68.2 Å². The number of benzene rings is 2. The molecule has 78 heavy (non-hydrogen) atoms. The molecule has 2 aromatic carbocycles. The molecule has 0 radical (unpaired) electrons. The smallest absolute Gasteiger partial charge is 0.407 e. The van der Waals surface area contributed by atoms with E-state index < -0.39 is 23.9 Å². The molecule has 4 N–H and O–H groups in total. The Bertz CT molecular complexity index is 3310. The zero-order valence-corrected chi connectivity index (χ0v) is 44.8. The zero-order chi connectivity index (χ0) is 54.4. The number of rotatable bonds is 20. The second kappa shape index (κ2) is 20.9. The van der Waals surface area contributed by atoms with Gasteiger partial charge in [-0.05, 0) is 116 Å². The van der Waals surface area contributed by atoms with E-state index in [1.165, 1.54) is 11.3 Å². The molecule has 0 saturated heterocycles. The van der Waals surface area contributed by atoms with Gasteiger partial charge < -0.3 is 34.7 Å². The van der Waals surface area contributed by atoms with E-state index in [4.69, 9.17) is 19.6 Å². The highest BCUT2D eigenvalue weighted by atomic mass is 32.1. The highest BCUT2D eigenvalue weighted by molar-refractivity contribution is 7.22. The van der Waals surface area contributed by atoms with Crippen LogP contribution in [0.2, 0.25) is 0 Å². The van der Waals surface area contributed by atoms with Crippen molar-refractivity contribution in [3.05, 3.63) is 119 Å². The van der Waals surface area contributed by atoms with Gasteiger partial charge >= 0.3 is 12.1 Å². The minimum atomic E-state index is -1.15. The van der Waals surface area contributed by atoms with Crippen molar-refractivity contribution in [2.75, 3.05) is 43.0 Å². The lowest BCUT2D eigenvalue weighted by molar-refractivity contribution is -0.247. The van der Waals surface area contributed by atoms with Gasteiger partial charge in [0.1, 0.15) is 19.0 Å². The van der Waals surface area contributed by atoms with Crippen molar-refractivity contribution in [1.29, 1.82) is 0 Å². The van der Waals surface area contributed by atoms with Crippen LogP contribution in [0.3, 0.4) is 0 Å². The number of unbranched alkanes of at least 4 members (excludes halogenated alkanes) is 1. The Labute approximate surface area is 454 Å². The van der Waals surface area contributed by atoms with Crippen LogP contribution in [0.4, 0.5) is 15.7 Å². The molecule has 12 rings (SSSR count). The van der Waals surface area contributed by atoms with Gasteiger partial charge in [0.15, 0.2) is 16.5 Å². The van der Waals surface area contributed by atoms with Gasteiger partial charge in [-0.25, -0.2) is 24.5 Å². The van der Waals surface area contributed by atoms with E-state index in [9.17, 15) is 33.9 Å². The first kappa shape index (κ1) is 52.3. The molecule has 4 saturated carbocycles. The van der Waals surface area contributed by atoms with E-state index in [2.05, 4.69) is 39.8 Å². The number of fused-ring (bicyclic) bond motifs is 2. The SMILES string of the molecule is Cc1c(-c2ccc(N3CCn4cnc(C(=O)Nc5nc6ccccc6s5)c4C3)nc2C(=O)O)cnn1CC12CC3(C)CC(C)(C1)CC(OCCNC(=O)OCc1ccc(CCCCNC(=O)CN4C(=O)C=CC4=O)cc1)(C3)C2. The number of amides is 5. The number of nitrogens with zero attached hydrogens (tertiary/aromatic N) is 8. The van der Waals surface area contributed by atoms with E-state index in [-0.39, 0.29) is 58.2 Å². The van der Waals surface area contributed by atoms with Crippen LogP contribution in [0.15, 0.2) is 85.3 Å². The van der Waals surface area contributed by atoms with Crippen LogP contribution in [-0.2, 0) is 56.5 Å². The first-order valence-corrected chi connectivity index (χ1v) is 27.4. The Morgan fingerprint density at radius 2 is 1.56 bits per heavy atom. The Morgan fingerprint density at radius 3 is 2.32 bits per heavy atom. The average Bonchev–Trinajstić information content (AvgIpc) is 2.68. The van der Waals surface area contributed by atoms with Gasteiger partial charge in [-0.2, -0.15) is 5.10 Å². The van der Waals surface area contributed by atoms with Gasteiger partial charge in [0, 0.05) is 61.7 Å². The van der Waals surface area contributed by atoms with E-state index in [0.29, 0.717) is 73.6 Å². The first-order chi connectivity index (χ1) is 37.4. The van der Waals surface area contributed by atoms with Gasteiger partial charge in [0.25, 0.3) is 17.7 Å². The number of carboxylic acid groups (broad SMARTS) is 1. The summed E-state index contributed by atoms with van der Waals surface area (Å²) in [5.74, 6) is -2.35. The molecule has 4 aliphatic carbocycles. The third-order valence-electron chi connectivity index (χ3n) is 16.2. The predicted molar refractivity (Wildman–Crippen MR) is 289 cm³/mol. The normalized spacial score (nSPS) is 23.0. The summed E-state index contributed by atoms with van der Waals surface area (Å²) in [6, 6.07) is 19.2. The summed E-state index contributed by atoms with van der Waals surface area (Å²) in [4.78, 5) is 91.4. The number of ether oxygens (including phenoxy) is 2. The highest BCUT2D eigenvalue weighted by Gasteiger charge is 2.66. The van der Waals surface area contributed by atoms with Crippen molar-refractivity contribution in [3.63, 3.8) is 0 Å². The number of para-hydroxylation sites is 1. The number of aryl methyl sites for hydroxylation is 1. The number of pyridine rings is 1. The maximum atomic E-state index is 13.5. The van der Waals surface area contributed by atoms with Gasteiger partial charge in [0.2, 0.25) is 5.91 Å². The summed E-state index contributed by atoms with van der Waals surface area (Å²) in [7, 11) is 0. The van der Waals surface area contributed by atoms with Gasteiger partial charge in [-0.15, -0.1) is 0 Å². The van der Waals surface area contributed by atoms with Crippen LogP contribution in [-0.4, -0.2) is 113 Å². The number of aromatic carboxylic acids is 1. The standard InChI is InChI=1S/C57H63N11O9S/c1-36-40(39-15-16-44(63-48(39)51(73)74)65-21-22-66-35-60-49(42(66)25-65)50(72)64-52-62-41-9-4-5-10-43(41)78-52)24-61-68(36)34-56-29-54(2)28-55(3,30-56)32-57(31-54,33-56)77-23-20-59-53(75)76-27-38-13-11-37(12-14-38)8-6-7-19-58-45(69)26-67-46(70)17-18-47(67)71/h4-5,9-18,24,35H,6-8,19-23,25-34H2,1-3H3,(H,58,69)(H,59,75)(H,73,74)(H,62,64,72). The van der Waals surface area contributed by atoms with Crippen LogP contribution in [0, 0.1) is 23.2 Å². The zero-order valence-electron chi connectivity index (χ0n) is 44.0. The lowest BCUT2D eigenvalue weighted by atomic mass is 9.39. The second-order valence-electron chi connectivity index (χ2n) is 22.7. The topological polar surface area (TPSA) is 245 Å². The number of carboxylic acids is 1. The molecule has 2 aliphatic heterocycles. The van der Waals surface area contributed by atoms with E-state index in [1.54, 1.807) is 12.5 Å². The number of hydrogen-bond acceptors (Lipinski definition) is 14. The highest BCUT2D eigenvalue weighted by Crippen LogP contribution is 2.72. The Kier molecular flexibility index (Phi) is 14.0. The van der Waals surface area contributed by atoms with Crippen LogP contribution in [0.25, 0.3) is 21.3 Å². The molecule has 2 unspecified atom stereocenters. The fraction of sp³-hybridized carbons (Fsp3) is 0.439. The fourth-order valence-corrected chi connectivity index (χ4v) is 14.8. The number of carbonyl (C=O) groups is 6. The molecule has 0 spiro atoms. The van der Waals surface area contributed by atoms with E-state index in [1.807, 2.05) is 81.7 Å². The number of carbonyl (C=O) groups excluding carboxylic acids is 5. The number of aromatic nitrogens is 6. The molecule has 4 aromatic heterocycles. The van der Waals surface area contributed by atoms with E-state index >= 15 is 0 Å². The van der Waals surface area contributed by atoms with Crippen molar-refractivity contribution < 1.29 is 43.3 Å². The summed E-state index contributed by atoms with van der Waals surface area (Å²) in [5, 5.41) is 24.6. The molecule has 5 amide bonds. The fourth-order valence-electron chi connectivity index (χ4n) is 14.0. The van der Waals surface area contributed by atoms with Crippen LogP contribution in [0.1, 0.15) is 109 Å². The summed E-state index contributed by atoms with van der Waals surface area (Å²) < 4.78 is 17.4. The van der Waals surface area contributed by atoms with Crippen molar-refractivity contribution in [2.24, 2.45) is 16.2 Å². The molecule has 406 valence electrons. The van der Waals surface area contributed by atoms with Gasteiger partial charge in [0.05, 0.1) is 47.2 Å². The van der Waals surface area contributed by atoms with Gasteiger partial charge in [-0.3, -0.25) is 34.1 Å². The largest absolute Gasteiger partial charge is 0.476 e. The number of anilines is 2. The molecule has 21 heteroatoms. The predicted octanol–water partition coefficient (Wildman–Crippen LogP) is 7.46. The monoisotopic (exact) mass is 1080 g/mol. The minimum absolute atomic E-state index is 0.0641. The summed E-state index contributed by atoms with van der Waals surface area (Å²) >= 11 is 1.39. The Hall–Kier alpha value is -7.78. The molecule has 20 nitrogen and oxygen atoms in total. The molecule has 4 bridgehead atoms. The molecule has 4 fully saturated rings. The van der Waals surface area contributed by atoms with Crippen molar-refractivity contribution in [2.45, 2.75) is 110 Å². The van der Waals surface area contributed by atoms with E-state index in [0.717, 1.165) is 102 Å². The second-order valence-corrected chi connectivity index (χ2v) is 23.7. The third-order valence-corrected chi connectivity index (χ3v) is 17.1. The number of imidazole rings is 1. The lowest BCUT2D eigenvalue weighted by Gasteiger charge is -2.69. The van der Waals surface area contributed by atoms with Crippen LogP contribution < -0.4 is 20.9 Å². The quantitative estimate of drug-likeness (QED) is 0.0429. The molecule has 6 heterocycles. The van der Waals surface area contributed by atoms with Crippen molar-refractivity contribution in [1.82, 2.24) is 44.8 Å². The van der Waals surface area contributed by atoms with Crippen molar-refractivity contribution in [3.8, 4) is 11.1 Å². The summed E-state index contributed by atoms with van der Waals surface area (Å²) in [6.07, 6.45) is 13.5. The number of alkyl carbamates (subject to hydrolysis) is 1. The van der Waals surface area contributed by atoms with Crippen LogP contribution in [0.5, 0.6) is 0 Å². The summed E-state index contributed by atoms with van der Waals surface area (Å²) in [6.45, 7) is 9.75. The Balaban J connectivity index is 0.669. The maximum absolute atomic E-state index is 13.5. The lowest BCUT2D eigenvalue weighted by Crippen LogP contribution is -2.64.